The van der Waals surface area contributed by atoms with Crippen molar-refractivity contribution in [2.45, 2.75) is 0 Å². The minimum absolute atomic E-state index is 0.0134. The number of pyridine rings is 1. The van der Waals surface area contributed by atoms with Crippen LogP contribution in [0.4, 0.5) is 5.69 Å². The van der Waals surface area contributed by atoms with Gasteiger partial charge in [0.25, 0.3) is 5.69 Å². The van der Waals surface area contributed by atoms with E-state index in [2.05, 4.69) is 4.98 Å². The molecule has 0 amide bonds. The summed E-state index contributed by atoms with van der Waals surface area (Å²) in [6, 6.07) is 11.0. The average Bonchev–Trinajstić information content (AvgIpc) is 2.55. The number of benzene rings is 2. The fourth-order valence-electron chi connectivity index (χ4n) is 2.34. The molecule has 0 saturated carbocycles. The van der Waals surface area contributed by atoms with Gasteiger partial charge in [-0.1, -0.05) is 6.07 Å². The zero-order valence-corrected chi connectivity index (χ0v) is 11.3. The van der Waals surface area contributed by atoms with Gasteiger partial charge in [-0.3, -0.25) is 19.9 Å². The van der Waals surface area contributed by atoms with E-state index in [1.54, 1.807) is 30.3 Å². The van der Waals surface area contributed by atoms with E-state index >= 15 is 0 Å². The second-order valence-electron chi connectivity index (χ2n) is 4.68. The number of hydrogen-bond donors (Lipinski definition) is 1. The van der Waals surface area contributed by atoms with Gasteiger partial charge in [0.05, 0.1) is 10.5 Å². The number of aromatic nitrogens is 1. The Balaban J connectivity index is 2.28. The summed E-state index contributed by atoms with van der Waals surface area (Å²) in [6.07, 6.45) is 2.08. The first-order valence-electron chi connectivity index (χ1n) is 6.42. The third-order valence-electron chi connectivity index (χ3n) is 3.41. The van der Waals surface area contributed by atoms with Crippen LogP contribution in [0, 0.1) is 10.1 Å². The highest BCUT2D eigenvalue weighted by Gasteiger charge is 2.14. The molecule has 1 aromatic heterocycles. The molecule has 3 aromatic rings. The molecule has 0 bridgehead atoms. The summed E-state index contributed by atoms with van der Waals surface area (Å²) in [4.78, 5) is 25.5. The summed E-state index contributed by atoms with van der Waals surface area (Å²) < 4.78 is 0. The van der Waals surface area contributed by atoms with Crippen molar-refractivity contribution in [3.8, 4) is 16.9 Å². The number of nitrogens with zero attached hydrogens (tertiary/aromatic N) is 2. The monoisotopic (exact) mass is 294 g/mol. The fraction of sp³-hybridized carbons (Fsp3) is 0. The molecule has 6 nitrogen and oxygen atoms in total. The largest absolute Gasteiger partial charge is 0.505 e. The first-order valence-corrected chi connectivity index (χ1v) is 6.42. The Kier molecular flexibility index (Phi) is 3.27. The second kappa shape index (κ2) is 5.25. The van der Waals surface area contributed by atoms with Gasteiger partial charge in [0.1, 0.15) is 5.52 Å². The van der Waals surface area contributed by atoms with Crippen LogP contribution in [0.25, 0.3) is 22.0 Å². The predicted molar refractivity (Wildman–Crippen MR) is 80.9 cm³/mol. The van der Waals surface area contributed by atoms with Crippen LogP contribution in [0.5, 0.6) is 5.75 Å². The number of carbonyl (C=O) groups is 1. The van der Waals surface area contributed by atoms with Crippen LogP contribution in [0.2, 0.25) is 0 Å². The smallest absolute Gasteiger partial charge is 0.269 e. The molecule has 0 aliphatic heterocycles. The summed E-state index contributed by atoms with van der Waals surface area (Å²) in [6.45, 7) is 0. The fourth-order valence-corrected chi connectivity index (χ4v) is 2.34. The number of aldehydes is 1. The molecule has 0 unspecified atom stereocenters. The molecule has 0 fully saturated rings. The molecule has 1 heterocycles. The van der Waals surface area contributed by atoms with E-state index in [9.17, 15) is 20.0 Å². The number of non-ortho nitro benzene ring substituents is 1. The number of nitro benzene ring substituents is 1. The third-order valence-corrected chi connectivity index (χ3v) is 3.41. The van der Waals surface area contributed by atoms with E-state index in [0.29, 0.717) is 28.3 Å². The molecule has 0 saturated heterocycles. The molecule has 0 atom stereocenters. The number of fused-ring (bicyclic) bond motifs is 1. The highest BCUT2D eigenvalue weighted by Crippen LogP contribution is 2.35. The molecule has 108 valence electrons. The highest BCUT2D eigenvalue weighted by atomic mass is 16.6. The maximum Gasteiger partial charge on any atom is 0.269 e. The van der Waals surface area contributed by atoms with Crippen molar-refractivity contribution in [1.29, 1.82) is 0 Å². The van der Waals surface area contributed by atoms with E-state index in [0.717, 1.165) is 0 Å². The summed E-state index contributed by atoms with van der Waals surface area (Å²) in [5, 5.41) is 21.4. The van der Waals surface area contributed by atoms with Crippen LogP contribution in [0.3, 0.4) is 0 Å². The summed E-state index contributed by atoms with van der Waals surface area (Å²) in [5.41, 5.74) is 1.81. The maximum absolute atomic E-state index is 11.1. The Labute approximate surface area is 124 Å². The molecule has 0 aliphatic carbocycles. The highest BCUT2D eigenvalue weighted by molar-refractivity contribution is 6.02. The quantitative estimate of drug-likeness (QED) is 0.454. The third kappa shape index (κ3) is 2.16. The Morgan fingerprint density at radius 1 is 1.18 bits per heavy atom. The van der Waals surface area contributed by atoms with Crippen molar-refractivity contribution in [3.05, 3.63) is 64.3 Å². The number of aromatic hydroxyl groups is 1. The number of hydrogen-bond acceptors (Lipinski definition) is 5. The van der Waals surface area contributed by atoms with Crippen molar-refractivity contribution in [2.75, 3.05) is 0 Å². The van der Waals surface area contributed by atoms with Crippen molar-refractivity contribution < 1.29 is 14.8 Å². The predicted octanol–water partition coefficient (Wildman–Crippen LogP) is 3.33. The van der Waals surface area contributed by atoms with Crippen molar-refractivity contribution in [1.82, 2.24) is 4.98 Å². The van der Waals surface area contributed by atoms with Gasteiger partial charge >= 0.3 is 0 Å². The number of phenols is 1. The van der Waals surface area contributed by atoms with Gasteiger partial charge in [0, 0.05) is 23.7 Å². The van der Waals surface area contributed by atoms with E-state index in [1.807, 2.05) is 0 Å². The van der Waals surface area contributed by atoms with Crippen LogP contribution >= 0.6 is 0 Å². The summed E-state index contributed by atoms with van der Waals surface area (Å²) in [5.74, 6) is -0.170. The topological polar surface area (TPSA) is 93.3 Å². The molecule has 0 spiro atoms. The molecule has 3 rings (SSSR count). The molecule has 2 aromatic carbocycles. The minimum atomic E-state index is -0.475. The molecule has 22 heavy (non-hydrogen) atoms. The van der Waals surface area contributed by atoms with Gasteiger partial charge in [-0.05, 0) is 35.4 Å². The molecule has 0 radical (unpaired) electrons. The average molecular weight is 294 g/mol. The summed E-state index contributed by atoms with van der Waals surface area (Å²) >= 11 is 0. The lowest BCUT2D eigenvalue weighted by Gasteiger charge is -2.09. The van der Waals surface area contributed by atoms with Crippen molar-refractivity contribution in [2.24, 2.45) is 0 Å². The first kappa shape index (κ1) is 13.7. The second-order valence-corrected chi connectivity index (χ2v) is 4.68. The number of rotatable bonds is 3. The van der Waals surface area contributed by atoms with E-state index in [-0.39, 0.29) is 17.0 Å². The van der Waals surface area contributed by atoms with Gasteiger partial charge in [-0.15, -0.1) is 0 Å². The van der Waals surface area contributed by atoms with Gasteiger partial charge in [-0.2, -0.15) is 0 Å². The lowest BCUT2D eigenvalue weighted by Crippen LogP contribution is -1.91. The minimum Gasteiger partial charge on any atom is -0.505 e. The van der Waals surface area contributed by atoms with Crippen LogP contribution in [-0.4, -0.2) is 21.3 Å². The Morgan fingerprint density at radius 2 is 1.91 bits per heavy atom. The number of nitro groups is 1. The van der Waals surface area contributed by atoms with Crippen molar-refractivity contribution >= 4 is 22.9 Å². The van der Waals surface area contributed by atoms with Gasteiger partial charge < -0.3 is 5.11 Å². The van der Waals surface area contributed by atoms with Gasteiger partial charge in [-0.25, -0.2) is 0 Å². The lowest BCUT2D eigenvalue weighted by atomic mass is 9.97. The van der Waals surface area contributed by atoms with Crippen LogP contribution in [-0.2, 0) is 0 Å². The van der Waals surface area contributed by atoms with Crippen LogP contribution in [0.15, 0.2) is 48.7 Å². The van der Waals surface area contributed by atoms with Crippen LogP contribution in [0.1, 0.15) is 10.4 Å². The van der Waals surface area contributed by atoms with Crippen LogP contribution < -0.4 is 0 Å². The van der Waals surface area contributed by atoms with E-state index < -0.39 is 4.92 Å². The number of phenolic OH excluding ortho intramolecular Hbond substituents is 1. The SMILES string of the molecule is O=Cc1cc(-c2ccc([N+](=O)[O-])cc2)c2cccnc2c1O. The molecule has 1 N–H and O–H groups in total. The lowest BCUT2D eigenvalue weighted by molar-refractivity contribution is -0.384. The van der Waals surface area contributed by atoms with Gasteiger partial charge in [0.2, 0.25) is 0 Å². The molecular formula is C16H10N2O4. The molecular weight excluding hydrogens is 284 g/mol. The summed E-state index contributed by atoms with van der Waals surface area (Å²) in [7, 11) is 0. The molecule has 6 heteroatoms. The zero-order valence-electron chi connectivity index (χ0n) is 11.3. The Bertz CT molecular complexity index is 889. The van der Waals surface area contributed by atoms with E-state index in [4.69, 9.17) is 0 Å². The normalized spacial score (nSPS) is 10.5. The Morgan fingerprint density at radius 3 is 2.55 bits per heavy atom. The molecule has 0 aliphatic rings. The number of carbonyl (C=O) groups excluding carboxylic acids is 1. The van der Waals surface area contributed by atoms with Crippen molar-refractivity contribution in [3.63, 3.8) is 0 Å². The first-order chi connectivity index (χ1) is 10.6. The van der Waals surface area contributed by atoms with Gasteiger partial charge in [0.15, 0.2) is 12.0 Å². The standard InChI is InChI=1S/C16H10N2O4/c19-9-11-8-14(10-3-5-12(6-4-10)18(21)22)13-2-1-7-17-15(13)16(11)20/h1-9,20H. The van der Waals surface area contributed by atoms with E-state index in [1.165, 1.54) is 18.3 Å². The maximum atomic E-state index is 11.1. The Hall–Kier alpha value is -3.28. The zero-order chi connectivity index (χ0) is 15.7.